The summed E-state index contributed by atoms with van der Waals surface area (Å²) in [7, 11) is 0. The highest BCUT2D eigenvalue weighted by Gasteiger charge is 2.29. The maximum Gasteiger partial charge on any atom is 0.317 e. The van der Waals surface area contributed by atoms with E-state index in [-0.39, 0.29) is 25.2 Å². The lowest BCUT2D eigenvalue weighted by Crippen LogP contribution is -2.54. The molecule has 0 aliphatic carbocycles. The molecule has 7 nitrogen and oxygen atoms in total. The van der Waals surface area contributed by atoms with E-state index >= 15 is 0 Å². The summed E-state index contributed by atoms with van der Waals surface area (Å²) >= 11 is 0. The van der Waals surface area contributed by atoms with Crippen molar-refractivity contribution in [1.29, 1.82) is 0 Å². The monoisotopic (exact) mass is 286 g/mol. The molecule has 2 atom stereocenters. The van der Waals surface area contributed by atoms with E-state index in [9.17, 15) is 9.59 Å². The van der Waals surface area contributed by atoms with Gasteiger partial charge in [0.2, 0.25) is 0 Å². The van der Waals surface area contributed by atoms with Crippen LogP contribution in [0.5, 0.6) is 0 Å². The molecule has 114 valence electrons. The lowest BCUT2D eigenvalue weighted by atomic mass is 10.1. The lowest BCUT2D eigenvalue weighted by Gasteiger charge is -2.35. The van der Waals surface area contributed by atoms with Crippen LogP contribution in [0.25, 0.3) is 0 Å². The first kappa shape index (κ1) is 15.1. The van der Waals surface area contributed by atoms with E-state index in [0.29, 0.717) is 19.7 Å². The van der Waals surface area contributed by atoms with Crippen LogP contribution in [-0.2, 0) is 14.3 Å². The zero-order valence-electron chi connectivity index (χ0n) is 11.5. The Kier molecular flexibility index (Phi) is 5.60. The van der Waals surface area contributed by atoms with Crippen LogP contribution >= 0.6 is 0 Å². The third kappa shape index (κ3) is 4.35. The molecule has 2 aliphatic rings. The van der Waals surface area contributed by atoms with Crippen LogP contribution in [-0.4, -0.2) is 67.1 Å². The fourth-order valence-electron chi connectivity index (χ4n) is 2.56. The van der Waals surface area contributed by atoms with Crippen molar-refractivity contribution in [2.24, 2.45) is 0 Å². The summed E-state index contributed by atoms with van der Waals surface area (Å²) in [6.45, 7) is 2.38. The Morgan fingerprint density at radius 2 is 2.15 bits per heavy atom. The minimum absolute atomic E-state index is 0.0756. The van der Waals surface area contributed by atoms with Gasteiger partial charge in [-0.05, 0) is 19.3 Å². The molecule has 2 N–H and O–H groups in total. The van der Waals surface area contributed by atoms with Gasteiger partial charge < -0.3 is 24.8 Å². The van der Waals surface area contributed by atoms with Crippen molar-refractivity contribution in [3.05, 3.63) is 0 Å². The molecule has 2 rings (SSSR count). The van der Waals surface area contributed by atoms with Crippen LogP contribution in [0.3, 0.4) is 0 Å². The van der Waals surface area contributed by atoms with E-state index in [4.69, 9.17) is 14.6 Å². The predicted molar refractivity (Wildman–Crippen MR) is 70.6 cm³/mol. The molecule has 2 fully saturated rings. The van der Waals surface area contributed by atoms with Gasteiger partial charge >= 0.3 is 12.0 Å². The van der Waals surface area contributed by atoms with Gasteiger partial charge in [0.25, 0.3) is 0 Å². The van der Waals surface area contributed by atoms with Gasteiger partial charge in [-0.25, -0.2) is 4.79 Å². The van der Waals surface area contributed by atoms with E-state index in [1.807, 2.05) is 0 Å². The first-order chi connectivity index (χ1) is 9.66. The van der Waals surface area contributed by atoms with Gasteiger partial charge in [-0.2, -0.15) is 0 Å². The van der Waals surface area contributed by atoms with Crippen molar-refractivity contribution < 1.29 is 24.2 Å². The van der Waals surface area contributed by atoms with E-state index in [1.54, 1.807) is 4.90 Å². The molecule has 0 aromatic rings. The highest BCUT2D eigenvalue weighted by molar-refractivity contribution is 5.76. The van der Waals surface area contributed by atoms with Gasteiger partial charge in [-0.15, -0.1) is 0 Å². The van der Waals surface area contributed by atoms with E-state index in [2.05, 4.69) is 5.32 Å². The SMILES string of the molecule is O=C(O)CC1COCCN1C(=O)NCC1CCCCO1. The highest BCUT2D eigenvalue weighted by Crippen LogP contribution is 2.13. The predicted octanol–water partition coefficient (Wildman–Crippen LogP) is 0.441. The number of hydrogen-bond acceptors (Lipinski definition) is 4. The maximum atomic E-state index is 12.1. The molecule has 2 aliphatic heterocycles. The number of carbonyl (C=O) groups is 2. The third-order valence-corrected chi connectivity index (χ3v) is 3.65. The first-order valence-electron chi connectivity index (χ1n) is 7.12. The third-order valence-electron chi connectivity index (χ3n) is 3.65. The van der Waals surface area contributed by atoms with Crippen LogP contribution in [0.15, 0.2) is 0 Å². The number of carboxylic acid groups (broad SMARTS) is 1. The van der Waals surface area contributed by atoms with Gasteiger partial charge in [-0.1, -0.05) is 0 Å². The molecule has 0 spiro atoms. The van der Waals surface area contributed by atoms with Crippen molar-refractivity contribution in [2.75, 3.05) is 32.9 Å². The standard InChI is InChI=1S/C13H22N2O5/c16-12(17)7-10-9-19-6-4-15(10)13(18)14-8-11-3-1-2-5-20-11/h10-11H,1-9H2,(H,14,18)(H,16,17). The number of aliphatic carboxylic acids is 1. The van der Waals surface area contributed by atoms with Crippen LogP contribution < -0.4 is 5.32 Å². The molecule has 0 aromatic carbocycles. The molecular formula is C13H22N2O5. The van der Waals surface area contributed by atoms with Crippen LogP contribution in [0, 0.1) is 0 Å². The topological polar surface area (TPSA) is 88.1 Å². The molecule has 2 amide bonds. The number of carbonyl (C=O) groups excluding carboxylic acids is 1. The molecule has 0 bridgehead atoms. The Morgan fingerprint density at radius 1 is 1.30 bits per heavy atom. The zero-order chi connectivity index (χ0) is 14.4. The Labute approximate surface area is 118 Å². The Morgan fingerprint density at radius 3 is 2.85 bits per heavy atom. The number of hydrogen-bond donors (Lipinski definition) is 2. The average Bonchev–Trinajstić information content (AvgIpc) is 2.46. The molecular weight excluding hydrogens is 264 g/mol. The van der Waals surface area contributed by atoms with Crippen molar-refractivity contribution >= 4 is 12.0 Å². The smallest absolute Gasteiger partial charge is 0.317 e. The van der Waals surface area contributed by atoms with Gasteiger partial charge in [0.15, 0.2) is 0 Å². The largest absolute Gasteiger partial charge is 0.481 e. The van der Waals surface area contributed by atoms with Gasteiger partial charge in [-0.3, -0.25) is 4.79 Å². The Bertz CT molecular complexity index is 344. The molecule has 2 heterocycles. The summed E-state index contributed by atoms with van der Waals surface area (Å²) in [6.07, 6.45) is 3.15. The lowest BCUT2D eigenvalue weighted by molar-refractivity contribution is -0.139. The number of urea groups is 1. The number of morpholine rings is 1. The maximum absolute atomic E-state index is 12.1. The second-order valence-corrected chi connectivity index (χ2v) is 5.19. The number of nitrogens with one attached hydrogen (secondary N) is 1. The van der Waals surface area contributed by atoms with Crippen LogP contribution in [0.2, 0.25) is 0 Å². The Hall–Kier alpha value is -1.34. The number of nitrogens with zero attached hydrogens (tertiary/aromatic N) is 1. The Balaban J connectivity index is 1.80. The van der Waals surface area contributed by atoms with Gasteiger partial charge in [0, 0.05) is 19.7 Å². The molecule has 20 heavy (non-hydrogen) atoms. The highest BCUT2D eigenvalue weighted by atomic mass is 16.5. The minimum atomic E-state index is -0.922. The fraction of sp³-hybridized carbons (Fsp3) is 0.846. The van der Waals surface area contributed by atoms with Crippen LogP contribution in [0.4, 0.5) is 4.79 Å². The fourth-order valence-corrected chi connectivity index (χ4v) is 2.56. The zero-order valence-corrected chi connectivity index (χ0v) is 11.5. The molecule has 0 saturated carbocycles. The van der Waals surface area contributed by atoms with Crippen molar-refractivity contribution in [2.45, 2.75) is 37.8 Å². The average molecular weight is 286 g/mol. The molecule has 2 saturated heterocycles. The van der Waals surface area contributed by atoms with Gasteiger partial charge in [0.1, 0.15) is 0 Å². The summed E-state index contributed by atoms with van der Waals surface area (Å²) in [5.41, 5.74) is 0. The summed E-state index contributed by atoms with van der Waals surface area (Å²) in [6, 6.07) is -0.623. The second kappa shape index (κ2) is 7.44. The normalized spacial score (nSPS) is 27.1. The molecule has 0 radical (unpaired) electrons. The molecule has 2 unspecified atom stereocenters. The second-order valence-electron chi connectivity index (χ2n) is 5.19. The number of amides is 2. The number of rotatable bonds is 4. The quantitative estimate of drug-likeness (QED) is 0.783. The van der Waals surface area contributed by atoms with Crippen LogP contribution in [0.1, 0.15) is 25.7 Å². The van der Waals surface area contributed by atoms with Crippen molar-refractivity contribution in [3.63, 3.8) is 0 Å². The number of ether oxygens (including phenoxy) is 2. The van der Waals surface area contributed by atoms with E-state index in [1.165, 1.54) is 0 Å². The van der Waals surface area contributed by atoms with Gasteiger partial charge in [0.05, 0.1) is 31.8 Å². The molecule has 7 heteroatoms. The summed E-state index contributed by atoms with van der Waals surface area (Å²) in [5.74, 6) is -0.922. The molecule has 0 aromatic heterocycles. The summed E-state index contributed by atoms with van der Waals surface area (Å²) in [4.78, 5) is 24.5. The van der Waals surface area contributed by atoms with E-state index in [0.717, 1.165) is 25.9 Å². The van der Waals surface area contributed by atoms with Crippen molar-refractivity contribution in [1.82, 2.24) is 10.2 Å². The number of carboxylic acids is 1. The van der Waals surface area contributed by atoms with Crippen molar-refractivity contribution in [3.8, 4) is 0 Å². The van der Waals surface area contributed by atoms with E-state index < -0.39 is 12.0 Å². The summed E-state index contributed by atoms with van der Waals surface area (Å²) < 4.78 is 10.8. The minimum Gasteiger partial charge on any atom is -0.481 e. The summed E-state index contributed by atoms with van der Waals surface area (Å²) in [5, 5.41) is 11.7. The first-order valence-corrected chi connectivity index (χ1v) is 7.12.